The van der Waals surface area contributed by atoms with Gasteiger partial charge >= 0.3 is 0 Å². The van der Waals surface area contributed by atoms with Crippen LogP contribution in [-0.4, -0.2) is 55.0 Å². The van der Waals surface area contributed by atoms with Crippen LogP contribution in [0.1, 0.15) is 32.4 Å². The number of carbonyl (C=O) groups excluding carboxylic acids is 2. The molecular formula is C29H27ClN2O3S. The maximum atomic E-state index is 13.8. The van der Waals surface area contributed by atoms with E-state index >= 15 is 0 Å². The standard InChI is InChI=1S/C29H27ClN2O3S/c1-35-17-16-31(29(34)24-8-4-6-20-5-2-3-7-23(20)24)19-27(33)32-15-13-26-25(14-18-36-26)28(32)21-9-11-22(30)12-10-21/h2-12,14,18,28H,13,15-17,19H2,1H3/t28-/m0/s1. The molecule has 4 aromatic rings. The van der Waals surface area contributed by atoms with E-state index in [-0.39, 0.29) is 24.4 Å². The molecule has 184 valence electrons. The third-order valence-corrected chi connectivity index (χ3v) is 7.92. The van der Waals surface area contributed by atoms with E-state index in [4.69, 9.17) is 16.3 Å². The Kier molecular flexibility index (Phi) is 7.37. The molecule has 0 bridgehead atoms. The summed E-state index contributed by atoms with van der Waals surface area (Å²) in [5, 5.41) is 4.60. The Bertz CT molecular complexity index is 1380. The summed E-state index contributed by atoms with van der Waals surface area (Å²) in [6, 6.07) is 23.1. The number of nitrogens with zero attached hydrogens (tertiary/aromatic N) is 2. The van der Waals surface area contributed by atoms with Gasteiger partial charge in [-0.3, -0.25) is 9.59 Å². The lowest BCUT2D eigenvalue weighted by atomic mass is 9.93. The normalized spacial score (nSPS) is 15.1. The summed E-state index contributed by atoms with van der Waals surface area (Å²) < 4.78 is 5.28. The van der Waals surface area contributed by atoms with Gasteiger partial charge < -0.3 is 14.5 Å². The van der Waals surface area contributed by atoms with Crippen molar-refractivity contribution in [2.75, 3.05) is 33.4 Å². The lowest BCUT2D eigenvalue weighted by Gasteiger charge is -2.37. The fourth-order valence-corrected chi connectivity index (χ4v) is 5.91. The van der Waals surface area contributed by atoms with Crippen LogP contribution in [0.5, 0.6) is 0 Å². The van der Waals surface area contributed by atoms with E-state index in [9.17, 15) is 9.59 Å². The third-order valence-electron chi connectivity index (χ3n) is 6.67. The van der Waals surface area contributed by atoms with E-state index in [1.807, 2.05) is 71.6 Å². The number of hydrogen-bond donors (Lipinski definition) is 0. The molecule has 0 saturated carbocycles. The van der Waals surface area contributed by atoms with Gasteiger partial charge in [-0.25, -0.2) is 0 Å². The Balaban J connectivity index is 1.45. The largest absolute Gasteiger partial charge is 0.383 e. The summed E-state index contributed by atoms with van der Waals surface area (Å²) in [5.41, 5.74) is 2.74. The molecule has 2 heterocycles. The van der Waals surface area contributed by atoms with Crippen molar-refractivity contribution in [3.05, 3.63) is 105 Å². The molecular weight excluding hydrogens is 492 g/mol. The fraction of sp³-hybridized carbons (Fsp3) is 0.241. The number of halogens is 1. The molecule has 0 N–H and O–H groups in total. The number of amides is 2. The molecule has 2 amide bonds. The van der Waals surface area contributed by atoms with Gasteiger partial charge in [0.1, 0.15) is 6.54 Å². The molecule has 7 heteroatoms. The van der Waals surface area contributed by atoms with Gasteiger partial charge in [-0.2, -0.15) is 0 Å². The smallest absolute Gasteiger partial charge is 0.255 e. The maximum absolute atomic E-state index is 13.8. The predicted molar refractivity (Wildman–Crippen MR) is 145 cm³/mol. The van der Waals surface area contributed by atoms with E-state index < -0.39 is 0 Å². The number of hydrogen-bond acceptors (Lipinski definition) is 4. The van der Waals surface area contributed by atoms with E-state index in [2.05, 4.69) is 11.4 Å². The van der Waals surface area contributed by atoms with Crippen molar-refractivity contribution >= 4 is 45.5 Å². The molecule has 0 aliphatic carbocycles. The molecule has 0 fully saturated rings. The summed E-state index contributed by atoms with van der Waals surface area (Å²) in [7, 11) is 1.60. The van der Waals surface area contributed by atoms with Crippen LogP contribution in [0.2, 0.25) is 5.02 Å². The van der Waals surface area contributed by atoms with Gasteiger partial charge in [0, 0.05) is 35.7 Å². The number of thiophene rings is 1. The van der Waals surface area contributed by atoms with Crippen molar-refractivity contribution in [1.82, 2.24) is 9.80 Å². The Morgan fingerprint density at radius 2 is 1.83 bits per heavy atom. The number of rotatable bonds is 7. The SMILES string of the molecule is COCCN(CC(=O)N1CCc2sccc2[C@@H]1c1ccc(Cl)cc1)C(=O)c1cccc2ccccc12. The number of fused-ring (bicyclic) bond motifs is 2. The van der Waals surface area contributed by atoms with Crippen LogP contribution in [0.25, 0.3) is 10.8 Å². The van der Waals surface area contributed by atoms with Crippen LogP contribution < -0.4 is 0 Å². The number of benzene rings is 3. The first-order valence-electron chi connectivity index (χ1n) is 11.9. The minimum Gasteiger partial charge on any atom is -0.383 e. The lowest BCUT2D eigenvalue weighted by molar-refractivity contribution is -0.134. The van der Waals surface area contributed by atoms with E-state index in [0.717, 1.165) is 28.3 Å². The molecule has 0 saturated heterocycles. The monoisotopic (exact) mass is 518 g/mol. The molecule has 1 aliphatic heterocycles. The van der Waals surface area contributed by atoms with Crippen LogP contribution in [-0.2, 0) is 16.0 Å². The Hall–Kier alpha value is -3.19. The molecule has 5 rings (SSSR count). The van der Waals surface area contributed by atoms with Gasteiger partial charge in [0.2, 0.25) is 5.91 Å². The van der Waals surface area contributed by atoms with Crippen molar-refractivity contribution in [3.63, 3.8) is 0 Å². The summed E-state index contributed by atoms with van der Waals surface area (Å²) in [5.74, 6) is -0.259. The first kappa shape index (κ1) is 24.5. The van der Waals surface area contributed by atoms with Crippen LogP contribution in [0.15, 0.2) is 78.2 Å². The Morgan fingerprint density at radius 3 is 2.64 bits per heavy atom. The van der Waals surface area contributed by atoms with Gasteiger partial charge in [-0.05, 0) is 58.0 Å². The summed E-state index contributed by atoms with van der Waals surface area (Å²) in [4.78, 5) is 32.3. The van der Waals surface area contributed by atoms with Crippen molar-refractivity contribution in [1.29, 1.82) is 0 Å². The molecule has 3 aromatic carbocycles. The predicted octanol–water partition coefficient (Wildman–Crippen LogP) is 5.82. The highest BCUT2D eigenvalue weighted by molar-refractivity contribution is 7.10. The van der Waals surface area contributed by atoms with Gasteiger partial charge in [0.05, 0.1) is 12.6 Å². The van der Waals surface area contributed by atoms with Gasteiger partial charge in [0.15, 0.2) is 0 Å². The van der Waals surface area contributed by atoms with Gasteiger partial charge in [-0.15, -0.1) is 11.3 Å². The molecule has 0 radical (unpaired) electrons. The second-order valence-corrected chi connectivity index (χ2v) is 10.3. The quantitative estimate of drug-likeness (QED) is 0.310. The number of ether oxygens (including phenoxy) is 1. The average Bonchev–Trinajstić information content (AvgIpc) is 3.39. The minimum atomic E-state index is -0.207. The van der Waals surface area contributed by atoms with Crippen LogP contribution in [0, 0.1) is 0 Å². The molecule has 0 unspecified atom stereocenters. The third kappa shape index (κ3) is 4.89. The molecule has 1 aliphatic rings. The minimum absolute atomic E-state index is 0.0189. The van der Waals surface area contributed by atoms with Crippen LogP contribution in [0.3, 0.4) is 0 Å². The maximum Gasteiger partial charge on any atom is 0.255 e. The first-order chi connectivity index (χ1) is 17.6. The zero-order chi connectivity index (χ0) is 25.1. The second kappa shape index (κ2) is 10.8. The van der Waals surface area contributed by atoms with Crippen molar-refractivity contribution in [2.45, 2.75) is 12.5 Å². The van der Waals surface area contributed by atoms with Gasteiger partial charge in [0.25, 0.3) is 5.91 Å². The Morgan fingerprint density at radius 1 is 1.06 bits per heavy atom. The number of methoxy groups -OCH3 is 1. The lowest BCUT2D eigenvalue weighted by Crippen LogP contribution is -2.47. The highest BCUT2D eigenvalue weighted by Gasteiger charge is 2.34. The summed E-state index contributed by atoms with van der Waals surface area (Å²) in [6.07, 6.45) is 0.804. The van der Waals surface area contributed by atoms with E-state index in [0.29, 0.717) is 30.3 Å². The highest BCUT2D eigenvalue weighted by atomic mass is 35.5. The van der Waals surface area contributed by atoms with E-state index in [1.165, 1.54) is 4.88 Å². The van der Waals surface area contributed by atoms with Crippen molar-refractivity contribution in [3.8, 4) is 0 Å². The second-order valence-electron chi connectivity index (χ2n) is 8.84. The van der Waals surface area contributed by atoms with Crippen LogP contribution >= 0.6 is 22.9 Å². The summed E-state index contributed by atoms with van der Waals surface area (Å²) >= 11 is 7.87. The first-order valence-corrected chi connectivity index (χ1v) is 13.2. The zero-order valence-corrected chi connectivity index (χ0v) is 21.6. The van der Waals surface area contributed by atoms with Gasteiger partial charge in [-0.1, -0.05) is 60.1 Å². The fourth-order valence-electron chi connectivity index (χ4n) is 4.88. The average molecular weight is 519 g/mol. The van der Waals surface area contributed by atoms with Crippen LogP contribution in [0.4, 0.5) is 0 Å². The molecule has 0 spiro atoms. The van der Waals surface area contributed by atoms with Crippen molar-refractivity contribution < 1.29 is 14.3 Å². The zero-order valence-electron chi connectivity index (χ0n) is 20.0. The van der Waals surface area contributed by atoms with Crippen molar-refractivity contribution in [2.24, 2.45) is 0 Å². The molecule has 1 aromatic heterocycles. The van der Waals surface area contributed by atoms with E-state index in [1.54, 1.807) is 23.3 Å². The highest BCUT2D eigenvalue weighted by Crippen LogP contribution is 2.38. The number of carbonyl (C=O) groups is 2. The molecule has 1 atom stereocenters. The Labute approximate surface area is 219 Å². The molecule has 36 heavy (non-hydrogen) atoms. The molecule has 5 nitrogen and oxygen atoms in total. The summed E-state index contributed by atoms with van der Waals surface area (Å²) in [6.45, 7) is 1.25. The topological polar surface area (TPSA) is 49.9 Å².